The number of aromatic nitrogens is 2. The molecule has 7 heteroatoms. The highest BCUT2D eigenvalue weighted by atomic mass is 16.5. The summed E-state index contributed by atoms with van der Waals surface area (Å²) in [7, 11) is 1.78. The molecule has 37 heavy (non-hydrogen) atoms. The molecule has 2 aromatic carbocycles. The van der Waals surface area contributed by atoms with Crippen molar-refractivity contribution >= 4 is 16.8 Å². The maximum Gasteiger partial charge on any atom is 0.254 e. The molecule has 4 aromatic rings. The summed E-state index contributed by atoms with van der Waals surface area (Å²) in [6.07, 6.45) is 5.39. The van der Waals surface area contributed by atoms with E-state index in [-0.39, 0.29) is 11.5 Å². The third-order valence-corrected chi connectivity index (χ3v) is 7.01. The van der Waals surface area contributed by atoms with E-state index in [1.807, 2.05) is 71.9 Å². The molecule has 0 spiro atoms. The van der Waals surface area contributed by atoms with Crippen LogP contribution in [0.4, 0.5) is 0 Å². The van der Waals surface area contributed by atoms with Gasteiger partial charge in [-0.25, -0.2) is 0 Å². The van der Waals surface area contributed by atoms with Gasteiger partial charge in [-0.2, -0.15) is 0 Å². The summed E-state index contributed by atoms with van der Waals surface area (Å²) in [6.45, 7) is 4.48. The lowest BCUT2D eigenvalue weighted by Crippen LogP contribution is -2.42. The molecule has 2 aromatic heterocycles. The van der Waals surface area contributed by atoms with E-state index in [1.54, 1.807) is 17.7 Å². The molecule has 0 N–H and O–H groups in total. The van der Waals surface area contributed by atoms with Crippen LogP contribution in [0.3, 0.4) is 0 Å². The van der Waals surface area contributed by atoms with Crippen LogP contribution in [0.15, 0.2) is 83.9 Å². The first kappa shape index (κ1) is 24.7. The highest BCUT2D eigenvalue weighted by molar-refractivity contribution is 5.96. The summed E-state index contributed by atoms with van der Waals surface area (Å²) in [6, 6.07) is 21.2. The Bertz CT molecular complexity index is 1430. The van der Waals surface area contributed by atoms with Gasteiger partial charge in [-0.3, -0.25) is 19.5 Å². The second kappa shape index (κ2) is 11.4. The molecule has 5 rings (SSSR count). The van der Waals surface area contributed by atoms with Gasteiger partial charge in [0.2, 0.25) is 0 Å². The lowest BCUT2D eigenvalue weighted by atomic mass is 9.99. The van der Waals surface area contributed by atoms with Crippen LogP contribution in [0.5, 0.6) is 5.75 Å². The first-order valence-corrected chi connectivity index (χ1v) is 12.8. The standard InChI is InChI=1S/C30H32N4O3/c1-32-28-9-8-26(21-25(28)7-10-29(32)35)37-20-4-16-33(22-23-11-14-31-15-12-23)18-19-34-17-13-24-5-2-3-6-27(24)30(34)36/h2-3,5-12,14-15,21H,4,13,16-20,22H2,1H3. The van der Waals surface area contributed by atoms with Crippen LogP contribution in [0.25, 0.3) is 10.9 Å². The number of carbonyl (C=O) groups excluding carboxylic acids is 1. The largest absolute Gasteiger partial charge is 0.494 e. The van der Waals surface area contributed by atoms with Crippen LogP contribution >= 0.6 is 0 Å². The maximum absolute atomic E-state index is 13.0. The number of hydrogen-bond donors (Lipinski definition) is 0. The second-order valence-electron chi connectivity index (χ2n) is 9.48. The number of fused-ring (bicyclic) bond motifs is 2. The highest BCUT2D eigenvalue weighted by Crippen LogP contribution is 2.20. The van der Waals surface area contributed by atoms with Gasteiger partial charge in [0.1, 0.15) is 5.75 Å². The Morgan fingerprint density at radius 1 is 0.973 bits per heavy atom. The third-order valence-electron chi connectivity index (χ3n) is 7.01. The Labute approximate surface area is 216 Å². The smallest absolute Gasteiger partial charge is 0.254 e. The minimum absolute atomic E-state index is 0.0223. The average Bonchev–Trinajstić information content (AvgIpc) is 2.93. The van der Waals surface area contributed by atoms with Crippen LogP contribution < -0.4 is 10.3 Å². The predicted octanol–water partition coefficient (Wildman–Crippen LogP) is 3.90. The van der Waals surface area contributed by atoms with Crippen molar-refractivity contribution in [1.29, 1.82) is 0 Å². The Balaban J connectivity index is 1.18. The summed E-state index contributed by atoms with van der Waals surface area (Å²) < 4.78 is 7.69. The van der Waals surface area contributed by atoms with Crippen molar-refractivity contribution in [2.24, 2.45) is 7.05 Å². The van der Waals surface area contributed by atoms with E-state index in [1.165, 1.54) is 5.56 Å². The van der Waals surface area contributed by atoms with E-state index in [4.69, 9.17) is 4.74 Å². The fraction of sp³-hybridized carbons (Fsp3) is 0.300. The Kier molecular flexibility index (Phi) is 7.61. The third kappa shape index (κ3) is 5.89. The Hall–Kier alpha value is -3.97. The van der Waals surface area contributed by atoms with Crippen molar-refractivity contribution in [2.45, 2.75) is 19.4 Å². The zero-order chi connectivity index (χ0) is 25.6. The van der Waals surface area contributed by atoms with E-state index in [2.05, 4.69) is 16.0 Å². The van der Waals surface area contributed by atoms with Gasteiger partial charge in [-0.1, -0.05) is 18.2 Å². The summed E-state index contributed by atoms with van der Waals surface area (Å²) in [5.41, 5.74) is 4.04. The van der Waals surface area contributed by atoms with Gasteiger partial charge in [0.15, 0.2) is 0 Å². The number of nitrogens with zero attached hydrogens (tertiary/aromatic N) is 4. The molecule has 190 valence electrons. The highest BCUT2D eigenvalue weighted by Gasteiger charge is 2.24. The quantitative estimate of drug-likeness (QED) is 0.312. The van der Waals surface area contributed by atoms with Gasteiger partial charge in [0, 0.05) is 69.2 Å². The number of amides is 1. The van der Waals surface area contributed by atoms with Crippen molar-refractivity contribution in [3.63, 3.8) is 0 Å². The molecule has 0 atom stereocenters. The lowest BCUT2D eigenvalue weighted by Gasteiger charge is -2.31. The van der Waals surface area contributed by atoms with Crippen molar-refractivity contribution in [3.8, 4) is 5.75 Å². The molecule has 1 amide bonds. The summed E-state index contributed by atoms with van der Waals surface area (Å²) in [4.78, 5) is 33.3. The molecule has 0 bridgehead atoms. The van der Waals surface area contributed by atoms with E-state index in [9.17, 15) is 9.59 Å². The van der Waals surface area contributed by atoms with Gasteiger partial charge in [0.25, 0.3) is 11.5 Å². The van der Waals surface area contributed by atoms with E-state index in [0.29, 0.717) is 13.2 Å². The Morgan fingerprint density at radius 3 is 2.68 bits per heavy atom. The minimum atomic E-state index is -0.0223. The molecule has 0 saturated heterocycles. The summed E-state index contributed by atoms with van der Waals surface area (Å²) in [5.74, 6) is 0.923. The number of carbonyl (C=O) groups is 1. The number of hydrogen-bond acceptors (Lipinski definition) is 5. The van der Waals surface area contributed by atoms with Crippen molar-refractivity contribution < 1.29 is 9.53 Å². The molecule has 1 aliphatic rings. The zero-order valence-corrected chi connectivity index (χ0v) is 21.2. The van der Waals surface area contributed by atoms with Gasteiger partial charge < -0.3 is 14.2 Å². The fourth-order valence-corrected chi connectivity index (χ4v) is 4.90. The molecular formula is C30H32N4O3. The topological polar surface area (TPSA) is 67.7 Å². The summed E-state index contributed by atoms with van der Waals surface area (Å²) >= 11 is 0. The van der Waals surface area contributed by atoms with Crippen LogP contribution in [-0.4, -0.2) is 58.0 Å². The van der Waals surface area contributed by atoms with Gasteiger partial charge in [-0.15, -0.1) is 0 Å². The average molecular weight is 497 g/mol. The first-order valence-electron chi connectivity index (χ1n) is 12.8. The second-order valence-corrected chi connectivity index (χ2v) is 9.48. The van der Waals surface area contributed by atoms with Crippen LogP contribution in [0.1, 0.15) is 27.9 Å². The predicted molar refractivity (Wildman–Crippen MR) is 145 cm³/mol. The fourth-order valence-electron chi connectivity index (χ4n) is 4.90. The van der Waals surface area contributed by atoms with Crippen LogP contribution in [0, 0.1) is 0 Å². The number of pyridine rings is 2. The van der Waals surface area contributed by atoms with E-state index >= 15 is 0 Å². The first-order chi connectivity index (χ1) is 18.1. The lowest BCUT2D eigenvalue weighted by molar-refractivity contribution is 0.0714. The van der Waals surface area contributed by atoms with Gasteiger partial charge in [0.05, 0.1) is 12.1 Å². The Morgan fingerprint density at radius 2 is 1.81 bits per heavy atom. The van der Waals surface area contributed by atoms with Crippen molar-refractivity contribution in [1.82, 2.24) is 19.4 Å². The molecule has 0 unspecified atom stereocenters. The zero-order valence-electron chi connectivity index (χ0n) is 21.2. The molecule has 3 heterocycles. The molecule has 7 nitrogen and oxygen atoms in total. The molecular weight excluding hydrogens is 464 g/mol. The molecule has 0 saturated carbocycles. The molecule has 0 aliphatic carbocycles. The number of aryl methyl sites for hydroxylation is 1. The SMILES string of the molecule is Cn1c(=O)ccc2cc(OCCCN(CCN3CCc4ccccc4C3=O)Cc3ccncc3)ccc21. The van der Waals surface area contributed by atoms with Crippen molar-refractivity contribution in [3.05, 3.63) is 106 Å². The van der Waals surface area contributed by atoms with Crippen LogP contribution in [-0.2, 0) is 20.0 Å². The van der Waals surface area contributed by atoms with Gasteiger partial charge in [-0.05, 0) is 66.4 Å². The monoisotopic (exact) mass is 496 g/mol. The van der Waals surface area contributed by atoms with Gasteiger partial charge >= 0.3 is 0 Å². The molecule has 0 fully saturated rings. The minimum Gasteiger partial charge on any atom is -0.494 e. The summed E-state index contributed by atoms with van der Waals surface area (Å²) in [5, 5.41) is 0.978. The number of ether oxygens (including phenoxy) is 1. The molecule has 1 aliphatic heterocycles. The van der Waals surface area contributed by atoms with Crippen molar-refractivity contribution in [2.75, 3.05) is 32.8 Å². The van der Waals surface area contributed by atoms with E-state index in [0.717, 1.165) is 66.8 Å². The molecule has 0 radical (unpaired) electrons. The normalized spacial score (nSPS) is 13.2. The van der Waals surface area contributed by atoms with E-state index < -0.39 is 0 Å². The number of benzene rings is 2. The van der Waals surface area contributed by atoms with Crippen LogP contribution in [0.2, 0.25) is 0 Å². The number of rotatable bonds is 10. The maximum atomic E-state index is 13.0.